The minimum Gasteiger partial charge on any atom is -0.476 e. The second-order valence-electron chi connectivity index (χ2n) is 4.46. The molecule has 0 radical (unpaired) electrons. The molecular weight excluding hydrogens is 246 g/mol. The lowest BCUT2D eigenvalue weighted by Crippen LogP contribution is -2.14. The first kappa shape index (κ1) is 13.3. The zero-order valence-electron chi connectivity index (χ0n) is 10.8. The van der Waals surface area contributed by atoms with Crippen LogP contribution in [0.4, 0.5) is 11.5 Å². The Morgan fingerprint density at radius 1 is 1.56 bits per heavy atom. The van der Waals surface area contributed by atoms with Crippen LogP contribution in [0.2, 0.25) is 0 Å². The molecule has 0 amide bonds. The summed E-state index contributed by atoms with van der Waals surface area (Å²) in [5.74, 6) is 2.68. The van der Waals surface area contributed by atoms with Crippen molar-refractivity contribution in [3.05, 3.63) is 12.1 Å². The van der Waals surface area contributed by atoms with Crippen LogP contribution < -0.4 is 15.8 Å². The van der Waals surface area contributed by atoms with Crippen LogP contribution >= 0.6 is 11.8 Å². The highest BCUT2D eigenvalue weighted by atomic mass is 32.2. The summed E-state index contributed by atoms with van der Waals surface area (Å²) < 4.78 is 5.52. The number of rotatable bonds is 6. The molecule has 0 aromatic carbocycles. The highest BCUT2D eigenvalue weighted by molar-refractivity contribution is 8.00. The molecule has 0 bridgehead atoms. The van der Waals surface area contributed by atoms with Crippen LogP contribution in [0.15, 0.2) is 12.1 Å². The molecule has 1 saturated heterocycles. The molecule has 4 nitrogen and oxygen atoms in total. The monoisotopic (exact) mass is 267 g/mol. The number of thioether (sulfide) groups is 1. The normalized spacial score (nSPS) is 18.8. The second kappa shape index (κ2) is 6.73. The van der Waals surface area contributed by atoms with E-state index in [0.29, 0.717) is 23.4 Å². The van der Waals surface area contributed by atoms with Crippen molar-refractivity contribution in [1.82, 2.24) is 4.98 Å². The Labute approximate surface area is 113 Å². The number of anilines is 2. The van der Waals surface area contributed by atoms with Gasteiger partial charge in [-0.05, 0) is 37.1 Å². The van der Waals surface area contributed by atoms with Crippen LogP contribution in [-0.2, 0) is 0 Å². The SMILES string of the molecule is CCCOc1nc(NCC2CCCS2)ccc1N. The van der Waals surface area contributed by atoms with Crippen molar-refractivity contribution in [2.75, 3.05) is 30.0 Å². The van der Waals surface area contributed by atoms with E-state index >= 15 is 0 Å². The molecule has 5 heteroatoms. The maximum absolute atomic E-state index is 5.83. The second-order valence-corrected chi connectivity index (χ2v) is 5.86. The molecule has 1 unspecified atom stereocenters. The third kappa shape index (κ3) is 3.70. The van der Waals surface area contributed by atoms with Crippen molar-refractivity contribution in [2.24, 2.45) is 0 Å². The van der Waals surface area contributed by atoms with Crippen molar-refractivity contribution in [1.29, 1.82) is 0 Å². The first-order valence-electron chi connectivity index (χ1n) is 6.54. The summed E-state index contributed by atoms with van der Waals surface area (Å²) >= 11 is 2.04. The number of ether oxygens (including phenoxy) is 1. The Morgan fingerprint density at radius 3 is 3.17 bits per heavy atom. The minimum absolute atomic E-state index is 0.543. The van der Waals surface area contributed by atoms with Gasteiger partial charge in [-0.15, -0.1) is 0 Å². The van der Waals surface area contributed by atoms with Gasteiger partial charge in [0.25, 0.3) is 0 Å². The predicted molar refractivity (Wildman–Crippen MR) is 78.4 cm³/mol. The molecule has 0 spiro atoms. The van der Waals surface area contributed by atoms with Crippen LogP contribution in [0.25, 0.3) is 0 Å². The number of hydrogen-bond donors (Lipinski definition) is 2. The molecule has 2 rings (SSSR count). The van der Waals surface area contributed by atoms with E-state index in [0.717, 1.165) is 18.8 Å². The zero-order valence-corrected chi connectivity index (χ0v) is 11.6. The molecule has 1 aromatic heterocycles. The van der Waals surface area contributed by atoms with E-state index in [4.69, 9.17) is 10.5 Å². The largest absolute Gasteiger partial charge is 0.476 e. The summed E-state index contributed by atoms with van der Waals surface area (Å²) in [6.45, 7) is 3.68. The van der Waals surface area contributed by atoms with Gasteiger partial charge in [0.15, 0.2) is 0 Å². The lowest BCUT2D eigenvalue weighted by molar-refractivity contribution is 0.307. The van der Waals surface area contributed by atoms with Crippen molar-refractivity contribution < 1.29 is 4.74 Å². The van der Waals surface area contributed by atoms with E-state index < -0.39 is 0 Å². The lowest BCUT2D eigenvalue weighted by Gasteiger charge is -2.12. The van der Waals surface area contributed by atoms with Gasteiger partial charge < -0.3 is 15.8 Å². The fourth-order valence-electron chi connectivity index (χ4n) is 1.89. The van der Waals surface area contributed by atoms with Gasteiger partial charge in [-0.25, -0.2) is 0 Å². The van der Waals surface area contributed by atoms with Gasteiger partial charge in [0.1, 0.15) is 5.82 Å². The number of aromatic nitrogens is 1. The molecule has 1 aliphatic rings. The Morgan fingerprint density at radius 2 is 2.44 bits per heavy atom. The van der Waals surface area contributed by atoms with Crippen molar-refractivity contribution in [3.8, 4) is 5.88 Å². The topological polar surface area (TPSA) is 60.2 Å². The molecule has 2 heterocycles. The van der Waals surface area contributed by atoms with Gasteiger partial charge in [0, 0.05) is 11.8 Å². The number of nitrogens with one attached hydrogen (secondary N) is 1. The summed E-state index contributed by atoms with van der Waals surface area (Å²) in [6.07, 6.45) is 3.58. The molecule has 18 heavy (non-hydrogen) atoms. The van der Waals surface area contributed by atoms with Gasteiger partial charge >= 0.3 is 0 Å². The third-order valence-corrected chi connectivity index (χ3v) is 4.27. The molecule has 0 aliphatic carbocycles. The van der Waals surface area contributed by atoms with Crippen LogP contribution in [-0.4, -0.2) is 29.1 Å². The van der Waals surface area contributed by atoms with E-state index in [-0.39, 0.29) is 0 Å². The average Bonchev–Trinajstić information content (AvgIpc) is 2.89. The highest BCUT2D eigenvalue weighted by Crippen LogP contribution is 2.27. The number of hydrogen-bond acceptors (Lipinski definition) is 5. The predicted octanol–water partition coefficient (Wildman–Crippen LogP) is 2.76. The molecule has 1 aromatic rings. The first-order chi connectivity index (χ1) is 8.79. The molecule has 1 atom stereocenters. The van der Waals surface area contributed by atoms with Gasteiger partial charge in [-0.2, -0.15) is 16.7 Å². The maximum Gasteiger partial charge on any atom is 0.239 e. The van der Waals surface area contributed by atoms with E-state index in [2.05, 4.69) is 17.2 Å². The van der Waals surface area contributed by atoms with Gasteiger partial charge in [0.05, 0.1) is 12.3 Å². The molecule has 1 aliphatic heterocycles. The number of nitrogens with zero attached hydrogens (tertiary/aromatic N) is 1. The van der Waals surface area contributed by atoms with E-state index in [1.807, 2.05) is 23.9 Å². The van der Waals surface area contributed by atoms with Crippen molar-refractivity contribution in [3.63, 3.8) is 0 Å². The lowest BCUT2D eigenvalue weighted by atomic mass is 10.2. The summed E-state index contributed by atoms with van der Waals surface area (Å²) in [5, 5.41) is 4.08. The Kier molecular flexibility index (Phi) is 4.99. The van der Waals surface area contributed by atoms with Crippen LogP contribution in [0.1, 0.15) is 26.2 Å². The smallest absolute Gasteiger partial charge is 0.239 e. The zero-order chi connectivity index (χ0) is 12.8. The summed E-state index contributed by atoms with van der Waals surface area (Å²) in [4.78, 5) is 4.40. The third-order valence-electron chi connectivity index (χ3n) is 2.87. The van der Waals surface area contributed by atoms with Crippen molar-refractivity contribution >= 4 is 23.3 Å². The Hall–Kier alpha value is -1.10. The fraction of sp³-hybridized carbons (Fsp3) is 0.615. The van der Waals surface area contributed by atoms with Gasteiger partial charge in [-0.3, -0.25) is 0 Å². The summed E-state index contributed by atoms with van der Waals surface area (Å²) in [7, 11) is 0. The Bertz CT molecular complexity index is 380. The summed E-state index contributed by atoms with van der Waals surface area (Å²) in [5.41, 5.74) is 6.43. The summed E-state index contributed by atoms with van der Waals surface area (Å²) in [6, 6.07) is 3.76. The average molecular weight is 267 g/mol. The molecule has 100 valence electrons. The van der Waals surface area contributed by atoms with E-state index in [9.17, 15) is 0 Å². The highest BCUT2D eigenvalue weighted by Gasteiger charge is 2.15. The van der Waals surface area contributed by atoms with Crippen LogP contribution in [0.3, 0.4) is 0 Å². The van der Waals surface area contributed by atoms with Crippen LogP contribution in [0, 0.1) is 0 Å². The standard InChI is InChI=1S/C13H21N3OS/c1-2-7-17-13-11(14)5-6-12(16-13)15-9-10-4-3-8-18-10/h5-6,10H,2-4,7-9,14H2,1H3,(H,15,16). The van der Waals surface area contributed by atoms with Gasteiger partial charge in [0.2, 0.25) is 5.88 Å². The van der Waals surface area contributed by atoms with E-state index in [1.54, 1.807) is 0 Å². The molecular formula is C13H21N3OS. The quantitative estimate of drug-likeness (QED) is 0.830. The number of nitrogens with two attached hydrogens (primary N) is 1. The van der Waals surface area contributed by atoms with Crippen LogP contribution in [0.5, 0.6) is 5.88 Å². The Balaban J connectivity index is 1.91. The van der Waals surface area contributed by atoms with Crippen molar-refractivity contribution in [2.45, 2.75) is 31.4 Å². The first-order valence-corrected chi connectivity index (χ1v) is 7.59. The molecule has 3 N–H and O–H groups in total. The van der Waals surface area contributed by atoms with Gasteiger partial charge in [-0.1, -0.05) is 6.92 Å². The fourth-order valence-corrected chi connectivity index (χ4v) is 3.09. The molecule has 1 fully saturated rings. The maximum atomic E-state index is 5.83. The molecule has 0 saturated carbocycles. The number of pyridine rings is 1. The number of nitrogen functional groups attached to an aromatic ring is 1. The minimum atomic E-state index is 0.543. The van der Waals surface area contributed by atoms with E-state index in [1.165, 1.54) is 18.6 Å².